The van der Waals surface area contributed by atoms with E-state index in [0.717, 1.165) is 59.7 Å². The number of pyridine rings is 1. The molecule has 1 fully saturated rings. The van der Waals surface area contributed by atoms with Gasteiger partial charge in [0.2, 0.25) is 0 Å². The number of nitrogens with two attached hydrogens (primary N) is 3. The number of hydrogen-bond acceptors (Lipinski definition) is 7. The molecule has 0 aliphatic carbocycles. The number of anilines is 3. The zero-order chi connectivity index (χ0) is 22.0. The molecule has 2 heterocycles. The summed E-state index contributed by atoms with van der Waals surface area (Å²) in [5, 5.41) is 10.7. The molecule has 1 aliphatic heterocycles. The van der Waals surface area contributed by atoms with Crippen molar-refractivity contribution in [1.82, 2.24) is 4.98 Å². The van der Waals surface area contributed by atoms with Crippen LogP contribution in [0.15, 0.2) is 54.7 Å². The normalized spacial score (nSPS) is 14.3. The highest BCUT2D eigenvalue weighted by atomic mass is 15.4. The van der Waals surface area contributed by atoms with Gasteiger partial charge in [0.15, 0.2) is 0 Å². The number of nitrogens with zero attached hydrogens (tertiary/aromatic N) is 4. The summed E-state index contributed by atoms with van der Waals surface area (Å²) in [6.45, 7) is 1.83. The molecule has 0 saturated carbocycles. The number of aromatic nitrogens is 1. The molecule has 7 nitrogen and oxygen atoms in total. The molecule has 0 radical (unpaired) electrons. The number of nitriles is 1. The van der Waals surface area contributed by atoms with Gasteiger partial charge in [-0.25, -0.2) is 5.84 Å². The van der Waals surface area contributed by atoms with Crippen LogP contribution in [0, 0.1) is 11.3 Å². The zero-order valence-corrected chi connectivity index (χ0v) is 17.6. The molecule has 0 amide bonds. The van der Waals surface area contributed by atoms with Gasteiger partial charge in [0.25, 0.3) is 0 Å². The van der Waals surface area contributed by atoms with Crippen molar-refractivity contribution in [2.45, 2.75) is 18.9 Å². The summed E-state index contributed by atoms with van der Waals surface area (Å²) in [5.74, 6) is 5.86. The van der Waals surface area contributed by atoms with Crippen molar-refractivity contribution in [3.05, 3.63) is 60.3 Å². The van der Waals surface area contributed by atoms with Crippen molar-refractivity contribution in [2.75, 3.05) is 35.8 Å². The Hall–Kier alpha value is -3.60. The molecule has 2 aromatic carbocycles. The minimum atomic E-state index is 0.267. The van der Waals surface area contributed by atoms with Crippen LogP contribution in [0.25, 0.3) is 22.4 Å². The van der Waals surface area contributed by atoms with E-state index in [-0.39, 0.29) is 6.04 Å². The monoisotopic (exact) mass is 413 g/mol. The summed E-state index contributed by atoms with van der Waals surface area (Å²) >= 11 is 0. The third kappa shape index (κ3) is 4.31. The zero-order valence-electron chi connectivity index (χ0n) is 17.6. The summed E-state index contributed by atoms with van der Waals surface area (Å²) in [5.41, 5.74) is 19.1. The van der Waals surface area contributed by atoms with Crippen molar-refractivity contribution < 1.29 is 0 Å². The van der Waals surface area contributed by atoms with Gasteiger partial charge < -0.3 is 21.4 Å². The summed E-state index contributed by atoms with van der Waals surface area (Å²) in [6, 6.07) is 17.9. The second-order valence-corrected chi connectivity index (χ2v) is 7.99. The maximum absolute atomic E-state index is 9.16. The van der Waals surface area contributed by atoms with E-state index in [4.69, 9.17) is 27.6 Å². The van der Waals surface area contributed by atoms with E-state index in [1.54, 1.807) is 7.05 Å². The third-order valence-electron chi connectivity index (χ3n) is 5.78. The molecule has 7 heteroatoms. The highest BCUT2D eigenvalue weighted by Gasteiger charge is 2.19. The molecule has 31 heavy (non-hydrogen) atoms. The minimum Gasteiger partial charge on any atom is -0.397 e. The predicted octanol–water partition coefficient (Wildman–Crippen LogP) is 3.11. The van der Waals surface area contributed by atoms with Gasteiger partial charge in [-0.1, -0.05) is 18.2 Å². The van der Waals surface area contributed by atoms with Crippen molar-refractivity contribution >= 4 is 17.1 Å². The molecule has 0 spiro atoms. The van der Waals surface area contributed by atoms with E-state index >= 15 is 0 Å². The lowest BCUT2D eigenvalue weighted by Crippen LogP contribution is -2.39. The van der Waals surface area contributed by atoms with Crippen molar-refractivity contribution in [3.63, 3.8) is 0 Å². The summed E-state index contributed by atoms with van der Waals surface area (Å²) in [7, 11) is 1.76. The lowest BCUT2D eigenvalue weighted by Gasteiger charge is -2.32. The van der Waals surface area contributed by atoms with Crippen LogP contribution in [0.2, 0.25) is 0 Å². The quantitative estimate of drug-likeness (QED) is 0.341. The Morgan fingerprint density at radius 1 is 1.06 bits per heavy atom. The summed E-state index contributed by atoms with van der Waals surface area (Å²) in [6.07, 6.45) is 3.86. The van der Waals surface area contributed by atoms with Gasteiger partial charge in [0, 0.05) is 37.3 Å². The van der Waals surface area contributed by atoms with Crippen LogP contribution < -0.4 is 27.2 Å². The van der Waals surface area contributed by atoms with E-state index in [0.29, 0.717) is 11.3 Å². The number of hydrogen-bond donors (Lipinski definition) is 3. The Bertz CT molecular complexity index is 1110. The highest BCUT2D eigenvalue weighted by Crippen LogP contribution is 2.36. The topological polar surface area (TPSA) is 121 Å². The fourth-order valence-corrected chi connectivity index (χ4v) is 3.98. The van der Waals surface area contributed by atoms with Crippen LogP contribution in [0.5, 0.6) is 0 Å². The van der Waals surface area contributed by atoms with E-state index in [1.807, 2.05) is 48.7 Å². The van der Waals surface area contributed by atoms with Crippen LogP contribution in [0.1, 0.15) is 18.4 Å². The van der Waals surface area contributed by atoms with Crippen molar-refractivity contribution in [2.24, 2.45) is 11.6 Å². The first-order valence-electron chi connectivity index (χ1n) is 10.4. The Morgan fingerprint density at radius 2 is 1.74 bits per heavy atom. The van der Waals surface area contributed by atoms with Crippen LogP contribution >= 0.6 is 0 Å². The Labute approximate surface area is 182 Å². The maximum atomic E-state index is 9.16. The summed E-state index contributed by atoms with van der Waals surface area (Å²) in [4.78, 5) is 7.17. The van der Waals surface area contributed by atoms with Crippen molar-refractivity contribution in [3.8, 4) is 28.5 Å². The molecule has 1 aliphatic rings. The summed E-state index contributed by atoms with van der Waals surface area (Å²) < 4.78 is 0. The molecule has 158 valence electrons. The van der Waals surface area contributed by atoms with Gasteiger partial charge >= 0.3 is 0 Å². The van der Waals surface area contributed by atoms with Gasteiger partial charge in [0.05, 0.1) is 40.6 Å². The predicted molar refractivity (Wildman–Crippen MR) is 126 cm³/mol. The number of benzene rings is 2. The fraction of sp³-hybridized carbons (Fsp3) is 0.250. The smallest absolute Gasteiger partial charge is 0.0991 e. The van der Waals surface area contributed by atoms with E-state index < -0.39 is 0 Å². The van der Waals surface area contributed by atoms with Gasteiger partial charge in [-0.2, -0.15) is 5.26 Å². The molecule has 0 atom stereocenters. The molecule has 4 rings (SSSR count). The maximum Gasteiger partial charge on any atom is 0.0991 e. The number of nitrogen functional groups attached to an aromatic ring is 1. The molecule has 1 saturated heterocycles. The fourth-order valence-electron chi connectivity index (χ4n) is 3.98. The van der Waals surface area contributed by atoms with E-state index in [9.17, 15) is 0 Å². The van der Waals surface area contributed by atoms with Gasteiger partial charge in [-0.3, -0.25) is 4.98 Å². The Balaban J connectivity index is 1.80. The SMILES string of the molecule is CN(N)c1ccc(-c2ncc(N3CCC(N)CC3)cc2-c2ccc(C#N)cc2)cc1N. The van der Waals surface area contributed by atoms with Crippen LogP contribution in [-0.2, 0) is 0 Å². The second kappa shape index (κ2) is 8.64. The molecule has 0 bridgehead atoms. The Kier molecular flexibility index (Phi) is 5.76. The van der Waals surface area contributed by atoms with Crippen LogP contribution in [-0.4, -0.2) is 31.2 Å². The first kappa shape index (κ1) is 20.7. The van der Waals surface area contributed by atoms with Crippen molar-refractivity contribution in [1.29, 1.82) is 5.26 Å². The van der Waals surface area contributed by atoms with Crippen LogP contribution in [0.4, 0.5) is 17.1 Å². The van der Waals surface area contributed by atoms with Gasteiger partial charge in [-0.15, -0.1) is 0 Å². The lowest BCUT2D eigenvalue weighted by atomic mass is 9.97. The largest absolute Gasteiger partial charge is 0.397 e. The molecule has 1 aromatic heterocycles. The van der Waals surface area contributed by atoms with Gasteiger partial charge in [-0.05, 0) is 48.7 Å². The Morgan fingerprint density at radius 3 is 2.35 bits per heavy atom. The number of rotatable bonds is 4. The molecule has 6 N–H and O–H groups in total. The van der Waals surface area contributed by atoms with Crippen LogP contribution in [0.3, 0.4) is 0 Å². The lowest BCUT2D eigenvalue weighted by molar-refractivity contribution is 0.501. The highest BCUT2D eigenvalue weighted by molar-refractivity contribution is 5.86. The molecule has 0 unspecified atom stereocenters. The standard InChI is InChI=1S/C24H27N7/c1-30(28)23-7-6-18(12-22(23)27)24-21(17-4-2-16(14-25)3-5-17)13-20(15-29-24)31-10-8-19(26)9-11-31/h2-7,12-13,15,19H,8-11,26-28H2,1H3. The second-order valence-electron chi connectivity index (χ2n) is 7.99. The molecular formula is C24H27N7. The third-order valence-corrected chi connectivity index (χ3v) is 5.78. The first-order chi connectivity index (χ1) is 15.0. The van der Waals surface area contributed by atoms with E-state index in [1.165, 1.54) is 5.01 Å². The average Bonchev–Trinajstić information content (AvgIpc) is 2.79. The number of piperidine rings is 1. The first-order valence-corrected chi connectivity index (χ1v) is 10.4. The van der Waals surface area contributed by atoms with E-state index in [2.05, 4.69) is 17.0 Å². The van der Waals surface area contributed by atoms with Gasteiger partial charge in [0.1, 0.15) is 0 Å². The number of hydrazine groups is 1. The molecular weight excluding hydrogens is 386 g/mol. The average molecular weight is 414 g/mol. The molecule has 3 aromatic rings. The minimum absolute atomic E-state index is 0.267.